The standard InChI is InChI=1S/C17H18N2/c1-2-7-15-12-19(10-9-13(15)5-1)17-16-8-4-3-6-14(16)11-18-17/h1-8,17-18H,9-12H2. The molecule has 1 N–H and O–H groups in total. The highest BCUT2D eigenvalue weighted by Gasteiger charge is 2.29. The summed E-state index contributed by atoms with van der Waals surface area (Å²) in [7, 11) is 0. The first-order valence-electron chi connectivity index (χ1n) is 7.04. The smallest absolute Gasteiger partial charge is 0.0869 e. The Bertz CT molecular complexity index is 606. The van der Waals surface area contributed by atoms with Gasteiger partial charge in [0.1, 0.15) is 0 Å². The summed E-state index contributed by atoms with van der Waals surface area (Å²) in [5.74, 6) is 0. The first-order valence-corrected chi connectivity index (χ1v) is 7.04. The van der Waals surface area contributed by atoms with Gasteiger partial charge in [0, 0.05) is 19.6 Å². The van der Waals surface area contributed by atoms with Gasteiger partial charge in [-0.25, -0.2) is 0 Å². The third-order valence-corrected chi connectivity index (χ3v) is 4.36. The van der Waals surface area contributed by atoms with Crippen molar-refractivity contribution in [2.75, 3.05) is 6.54 Å². The van der Waals surface area contributed by atoms with E-state index in [9.17, 15) is 0 Å². The summed E-state index contributed by atoms with van der Waals surface area (Å²) in [5.41, 5.74) is 5.92. The normalized spacial score (nSPS) is 22.0. The molecular weight excluding hydrogens is 232 g/mol. The summed E-state index contributed by atoms with van der Waals surface area (Å²) in [6.45, 7) is 3.20. The third-order valence-electron chi connectivity index (χ3n) is 4.36. The monoisotopic (exact) mass is 250 g/mol. The Kier molecular flexibility index (Phi) is 2.64. The summed E-state index contributed by atoms with van der Waals surface area (Å²) in [5, 5.41) is 3.65. The Labute approximate surface area is 114 Å². The van der Waals surface area contributed by atoms with Crippen molar-refractivity contribution in [3.63, 3.8) is 0 Å². The van der Waals surface area contributed by atoms with Crippen molar-refractivity contribution in [1.82, 2.24) is 10.2 Å². The van der Waals surface area contributed by atoms with Crippen molar-refractivity contribution in [2.45, 2.75) is 25.7 Å². The molecule has 0 amide bonds. The third kappa shape index (κ3) is 1.88. The van der Waals surface area contributed by atoms with Gasteiger partial charge in [-0.15, -0.1) is 0 Å². The highest BCUT2D eigenvalue weighted by molar-refractivity contribution is 5.35. The van der Waals surface area contributed by atoms with Crippen LogP contribution in [0.15, 0.2) is 48.5 Å². The molecule has 0 aromatic heterocycles. The lowest BCUT2D eigenvalue weighted by Crippen LogP contribution is -2.38. The van der Waals surface area contributed by atoms with Crippen LogP contribution < -0.4 is 5.32 Å². The van der Waals surface area contributed by atoms with Crippen molar-refractivity contribution in [3.05, 3.63) is 70.8 Å². The Morgan fingerprint density at radius 1 is 0.895 bits per heavy atom. The lowest BCUT2D eigenvalue weighted by molar-refractivity contribution is 0.158. The van der Waals surface area contributed by atoms with Crippen molar-refractivity contribution >= 4 is 0 Å². The van der Waals surface area contributed by atoms with Crippen LogP contribution in [-0.4, -0.2) is 11.4 Å². The molecule has 4 rings (SSSR count). The van der Waals surface area contributed by atoms with Gasteiger partial charge in [0.25, 0.3) is 0 Å². The molecule has 2 heteroatoms. The highest BCUT2D eigenvalue weighted by Crippen LogP contribution is 2.31. The van der Waals surface area contributed by atoms with Crippen molar-refractivity contribution < 1.29 is 0 Å². The summed E-state index contributed by atoms with van der Waals surface area (Å²) in [6.07, 6.45) is 1.56. The van der Waals surface area contributed by atoms with Crippen LogP contribution in [0.25, 0.3) is 0 Å². The molecule has 19 heavy (non-hydrogen) atoms. The van der Waals surface area contributed by atoms with Gasteiger partial charge in [-0.3, -0.25) is 10.2 Å². The number of nitrogens with zero attached hydrogens (tertiary/aromatic N) is 1. The molecule has 2 aliphatic heterocycles. The van der Waals surface area contributed by atoms with Crippen LogP contribution >= 0.6 is 0 Å². The van der Waals surface area contributed by atoms with Gasteiger partial charge in [0.05, 0.1) is 6.17 Å². The number of fused-ring (bicyclic) bond motifs is 2. The highest BCUT2D eigenvalue weighted by atomic mass is 15.3. The van der Waals surface area contributed by atoms with Crippen molar-refractivity contribution in [2.24, 2.45) is 0 Å². The van der Waals surface area contributed by atoms with Crippen LogP contribution in [0.1, 0.15) is 28.4 Å². The van der Waals surface area contributed by atoms with E-state index in [0.717, 1.165) is 26.1 Å². The fourth-order valence-corrected chi connectivity index (χ4v) is 3.34. The van der Waals surface area contributed by atoms with E-state index in [2.05, 4.69) is 58.7 Å². The number of rotatable bonds is 1. The zero-order valence-electron chi connectivity index (χ0n) is 11.0. The number of benzene rings is 2. The lowest BCUT2D eigenvalue weighted by Gasteiger charge is -2.34. The van der Waals surface area contributed by atoms with Crippen LogP contribution in [0.2, 0.25) is 0 Å². The molecule has 0 aliphatic carbocycles. The minimum absolute atomic E-state index is 0.393. The second kappa shape index (κ2) is 4.48. The molecule has 1 unspecified atom stereocenters. The quantitative estimate of drug-likeness (QED) is 0.837. The predicted octanol–water partition coefficient (Wildman–Crippen LogP) is 2.85. The van der Waals surface area contributed by atoms with Crippen LogP contribution in [0.3, 0.4) is 0 Å². The van der Waals surface area contributed by atoms with E-state index in [1.165, 1.54) is 22.3 Å². The van der Waals surface area contributed by atoms with E-state index in [1.54, 1.807) is 0 Å². The number of hydrogen-bond donors (Lipinski definition) is 1. The van der Waals surface area contributed by atoms with Gasteiger partial charge in [-0.2, -0.15) is 0 Å². The Balaban J connectivity index is 1.63. The van der Waals surface area contributed by atoms with Gasteiger partial charge in [0.2, 0.25) is 0 Å². The van der Waals surface area contributed by atoms with E-state index < -0.39 is 0 Å². The molecule has 0 fully saturated rings. The molecule has 0 bridgehead atoms. The molecule has 2 aromatic carbocycles. The Morgan fingerprint density at radius 3 is 2.53 bits per heavy atom. The topological polar surface area (TPSA) is 15.3 Å². The molecule has 1 atom stereocenters. The molecule has 2 nitrogen and oxygen atoms in total. The first-order chi connectivity index (χ1) is 9.42. The minimum atomic E-state index is 0.393. The zero-order valence-corrected chi connectivity index (χ0v) is 11.0. The average molecular weight is 250 g/mol. The molecule has 0 radical (unpaired) electrons. The molecular formula is C17H18N2. The van der Waals surface area contributed by atoms with E-state index in [0.29, 0.717) is 6.17 Å². The van der Waals surface area contributed by atoms with E-state index in [-0.39, 0.29) is 0 Å². The van der Waals surface area contributed by atoms with Crippen LogP contribution in [0, 0.1) is 0 Å². The van der Waals surface area contributed by atoms with Gasteiger partial charge >= 0.3 is 0 Å². The number of nitrogens with one attached hydrogen (secondary N) is 1. The Morgan fingerprint density at radius 2 is 1.63 bits per heavy atom. The molecule has 2 aromatic rings. The molecule has 0 spiro atoms. The maximum Gasteiger partial charge on any atom is 0.0869 e. The Hall–Kier alpha value is -1.64. The fraction of sp³-hybridized carbons (Fsp3) is 0.294. The predicted molar refractivity (Wildman–Crippen MR) is 76.6 cm³/mol. The maximum absolute atomic E-state index is 3.65. The minimum Gasteiger partial charge on any atom is -0.294 e. The summed E-state index contributed by atoms with van der Waals surface area (Å²) in [6, 6.07) is 17.6. The van der Waals surface area contributed by atoms with Gasteiger partial charge in [0.15, 0.2) is 0 Å². The average Bonchev–Trinajstić information content (AvgIpc) is 2.91. The van der Waals surface area contributed by atoms with Gasteiger partial charge < -0.3 is 0 Å². The largest absolute Gasteiger partial charge is 0.294 e. The summed E-state index contributed by atoms with van der Waals surface area (Å²) in [4.78, 5) is 2.56. The van der Waals surface area contributed by atoms with Crippen LogP contribution in [0.4, 0.5) is 0 Å². The first kappa shape index (κ1) is 11.2. The van der Waals surface area contributed by atoms with Crippen molar-refractivity contribution in [1.29, 1.82) is 0 Å². The van der Waals surface area contributed by atoms with Gasteiger partial charge in [-0.1, -0.05) is 48.5 Å². The molecule has 2 heterocycles. The van der Waals surface area contributed by atoms with E-state index in [1.807, 2.05) is 0 Å². The zero-order chi connectivity index (χ0) is 12.7. The molecule has 0 saturated heterocycles. The summed E-state index contributed by atoms with van der Waals surface area (Å²) < 4.78 is 0. The molecule has 2 aliphatic rings. The second-order valence-electron chi connectivity index (χ2n) is 5.47. The van der Waals surface area contributed by atoms with Crippen molar-refractivity contribution in [3.8, 4) is 0 Å². The number of hydrogen-bond acceptors (Lipinski definition) is 2. The van der Waals surface area contributed by atoms with Gasteiger partial charge in [-0.05, 0) is 28.7 Å². The molecule has 0 saturated carbocycles. The maximum atomic E-state index is 3.65. The van der Waals surface area contributed by atoms with E-state index >= 15 is 0 Å². The second-order valence-corrected chi connectivity index (χ2v) is 5.47. The van der Waals surface area contributed by atoms with Crippen LogP contribution in [0.5, 0.6) is 0 Å². The summed E-state index contributed by atoms with van der Waals surface area (Å²) >= 11 is 0. The molecule has 96 valence electrons. The lowest BCUT2D eigenvalue weighted by atomic mass is 9.98. The SMILES string of the molecule is c1ccc2c(c1)CCN(C1NCc3ccccc31)C2. The fourth-order valence-electron chi connectivity index (χ4n) is 3.34. The van der Waals surface area contributed by atoms with Crippen LogP contribution in [-0.2, 0) is 19.5 Å². The van der Waals surface area contributed by atoms with E-state index in [4.69, 9.17) is 0 Å².